The van der Waals surface area contributed by atoms with Gasteiger partial charge in [0.25, 0.3) is 0 Å². The predicted octanol–water partition coefficient (Wildman–Crippen LogP) is 4.40. The minimum absolute atomic E-state index is 0.0366. The molecule has 0 saturated carbocycles. The number of hydrogen-bond donors (Lipinski definition) is 0. The highest BCUT2D eigenvalue weighted by Gasteiger charge is 2.18. The van der Waals surface area contributed by atoms with E-state index >= 15 is 0 Å². The van der Waals surface area contributed by atoms with Crippen molar-refractivity contribution in [3.05, 3.63) is 90.0 Å². The second-order valence-corrected chi connectivity index (χ2v) is 7.82. The van der Waals surface area contributed by atoms with Gasteiger partial charge in [0.2, 0.25) is 0 Å². The van der Waals surface area contributed by atoms with Crippen LogP contribution in [0.1, 0.15) is 25.0 Å². The molecule has 0 aliphatic heterocycles. The molecule has 0 N–H and O–H groups in total. The summed E-state index contributed by atoms with van der Waals surface area (Å²) < 4.78 is 11.2. The van der Waals surface area contributed by atoms with Crippen molar-refractivity contribution >= 4 is 23.9 Å². The van der Waals surface area contributed by atoms with Crippen LogP contribution in [-0.2, 0) is 27.2 Å². The number of esters is 2. The molecule has 0 radical (unpaired) electrons. The van der Waals surface area contributed by atoms with E-state index in [1.54, 1.807) is 18.2 Å². The number of aldehydes is 1. The van der Waals surface area contributed by atoms with E-state index in [2.05, 4.69) is 0 Å². The van der Waals surface area contributed by atoms with E-state index in [9.17, 15) is 14.4 Å². The first-order valence-electron chi connectivity index (χ1n) is 10.8. The van der Waals surface area contributed by atoms with Crippen molar-refractivity contribution < 1.29 is 23.9 Å². The summed E-state index contributed by atoms with van der Waals surface area (Å²) in [5.41, 5.74) is 2.31. The van der Waals surface area contributed by atoms with E-state index in [1.165, 1.54) is 0 Å². The summed E-state index contributed by atoms with van der Waals surface area (Å²) >= 11 is 0. The van der Waals surface area contributed by atoms with Crippen LogP contribution in [0.25, 0.3) is 0 Å². The van der Waals surface area contributed by atoms with Crippen molar-refractivity contribution in [2.24, 2.45) is 0 Å². The molecule has 170 valence electrons. The van der Waals surface area contributed by atoms with Crippen molar-refractivity contribution in [1.29, 1.82) is 0 Å². The summed E-state index contributed by atoms with van der Waals surface area (Å²) in [7, 11) is 0. The molecule has 0 amide bonds. The number of benzene rings is 3. The summed E-state index contributed by atoms with van der Waals surface area (Å²) in [6.45, 7) is 4.10. The van der Waals surface area contributed by atoms with Crippen LogP contribution in [0.4, 0.5) is 5.69 Å². The van der Waals surface area contributed by atoms with Gasteiger partial charge in [-0.25, -0.2) is 0 Å². The molecule has 6 heteroatoms. The lowest BCUT2D eigenvalue weighted by Crippen LogP contribution is -2.32. The molecule has 0 unspecified atom stereocenters. The molecule has 33 heavy (non-hydrogen) atoms. The zero-order valence-corrected chi connectivity index (χ0v) is 18.8. The lowest BCUT2D eigenvalue weighted by molar-refractivity contribution is -0.136. The van der Waals surface area contributed by atoms with Gasteiger partial charge in [-0.1, -0.05) is 60.7 Å². The van der Waals surface area contributed by atoms with E-state index in [1.807, 2.05) is 79.4 Å². The highest BCUT2D eigenvalue weighted by atomic mass is 16.6. The normalized spacial score (nSPS) is 10.5. The van der Waals surface area contributed by atoms with Gasteiger partial charge in [0.1, 0.15) is 6.29 Å². The number of ether oxygens (including phenoxy) is 2. The van der Waals surface area contributed by atoms with Crippen LogP contribution in [0.5, 0.6) is 11.5 Å². The summed E-state index contributed by atoms with van der Waals surface area (Å²) in [6, 6.07) is 23.5. The third kappa shape index (κ3) is 7.04. The Morgan fingerprint density at radius 1 is 0.788 bits per heavy atom. The summed E-state index contributed by atoms with van der Waals surface area (Å²) in [6.07, 6.45) is 0.975. The maximum atomic E-state index is 12.6. The second kappa shape index (κ2) is 11.6. The molecule has 0 saturated heterocycles. The van der Waals surface area contributed by atoms with Crippen LogP contribution in [0.3, 0.4) is 0 Å². The van der Waals surface area contributed by atoms with Gasteiger partial charge in [-0.05, 0) is 37.1 Å². The zero-order chi connectivity index (χ0) is 23.6. The van der Waals surface area contributed by atoms with Gasteiger partial charge < -0.3 is 19.2 Å². The average molecular weight is 446 g/mol. The van der Waals surface area contributed by atoms with Crippen LogP contribution >= 0.6 is 0 Å². The minimum Gasteiger partial charge on any atom is -0.422 e. The summed E-state index contributed by atoms with van der Waals surface area (Å²) in [5, 5.41) is 0. The van der Waals surface area contributed by atoms with Crippen molar-refractivity contribution in [1.82, 2.24) is 0 Å². The highest BCUT2D eigenvalue weighted by Crippen LogP contribution is 2.33. The van der Waals surface area contributed by atoms with Gasteiger partial charge >= 0.3 is 11.9 Å². The molecule has 3 aromatic rings. The van der Waals surface area contributed by atoms with Crippen LogP contribution < -0.4 is 14.4 Å². The fourth-order valence-electron chi connectivity index (χ4n) is 3.38. The molecule has 0 aliphatic carbocycles. The number of carbonyl (C=O) groups is 3. The molecule has 3 rings (SSSR count). The number of nitrogens with zero attached hydrogens (tertiary/aromatic N) is 1. The Hall–Kier alpha value is -3.93. The number of hydrogen-bond acceptors (Lipinski definition) is 6. The fraction of sp³-hybridized carbons (Fsp3) is 0.222. The lowest BCUT2D eigenvalue weighted by atomic mass is 10.1. The SMILES string of the molecule is CC(C)N(CC=O)c1ccc(OC(=O)Cc2ccccc2)c(OC(=O)Cc2ccccc2)c1. The molecule has 3 aromatic carbocycles. The highest BCUT2D eigenvalue weighted by molar-refractivity contribution is 5.79. The van der Waals surface area contributed by atoms with Crippen molar-refractivity contribution in [2.45, 2.75) is 32.7 Å². The lowest BCUT2D eigenvalue weighted by Gasteiger charge is -2.27. The molecular weight excluding hydrogens is 418 g/mol. The molecule has 0 fully saturated rings. The monoisotopic (exact) mass is 445 g/mol. The van der Waals surface area contributed by atoms with E-state index in [4.69, 9.17) is 9.47 Å². The summed E-state index contributed by atoms with van der Waals surface area (Å²) in [5.74, 6) is -0.671. The van der Waals surface area contributed by atoms with E-state index < -0.39 is 11.9 Å². The Kier molecular flexibility index (Phi) is 8.36. The molecule has 0 aromatic heterocycles. The van der Waals surface area contributed by atoms with E-state index in [0.717, 1.165) is 17.4 Å². The first kappa shape index (κ1) is 23.7. The van der Waals surface area contributed by atoms with Gasteiger partial charge in [-0.3, -0.25) is 9.59 Å². The Bertz CT molecular complexity index is 1080. The van der Waals surface area contributed by atoms with Gasteiger partial charge in [-0.2, -0.15) is 0 Å². The topological polar surface area (TPSA) is 72.9 Å². The Balaban J connectivity index is 1.84. The smallest absolute Gasteiger partial charge is 0.315 e. The van der Waals surface area contributed by atoms with Crippen molar-refractivity contribution in [2.75, 3.05) is 11.4 Å². The maximum Gasteiger partial charge on any atom is 0.315 e. The molecule has 6 nitrogen and oxygen atoms in total. The van der Waals surface area contributed by atoms with Crippen LogP contribution in [0.15, 0.2) is 78.9 Å². The minimum atomic E-state index is -0.481. The fourth-order valence-corrected chi connectivity index (χ4v) is 3.38. The first-order valence-corrected chi connectivity index (χ1v) is 10.8. The molecule has 0 spiro atoms. The van der Waals surface area contributed by atoms with Crippen LogP contribution in [0.2, 0.25) is 0 Å². The zero-order valence-electron chi connectivity index (χ0n) is 18.8. The molecule has 0 bridgehead atoms. The number of anilines is 1. The molecule has 0 aliphatic rings. The molecular formula is C27H27NO5. The summed E-state index contributed by atoms with van der Waals surface area (Å²) in [4.78, 5) is 38.1. The first-order chi connectivity index (χ1) is 16.0. The predicted molar refractivity (Wildman–Crippen MR) is 127 cm³/mol. The van der Waals surface area contributed by atoms with Gasteiger partial charge in [-0.15, -0.1) is 0 Å². The Morgan fingerprint density at radius 2 is 1.30 bits per heavy atom. The maximum absolute atomic E-state index is 12.6. The van der Waals surface area contributed by atoms with Crippen LogP contribution in [-0.4, -0.2) is 30.8 Å². The van der Waals surface area contributed by atoms with Crippen LogP contribution in [0, 0.1) is 0 Å². The van der Waals surface area contributed by atoms with Gasteiger partial charge in [0, 0.05) is 17.8 Å². The largest absolute Gasteiger partial charge is 0.422 e. The van der Waals surface area contributed by atoms with E-state index in [-0.39, 0.29) is 36.9 Å². The Labute approximate surface area is 193 Å². The standard InChI is InChI=1S/C27H27NO5/c1-20(2)28(15-16-29)23-13-14-24(32-26(30)17-21-9-5-3-6-10-21)25(19-23)33-27(31)18-22-11-7-4-8-12-22/h3-14,16,19-20H,15,17-18H2,1-2H3. The quantitative estimate of drug-likeness (QED) is 0.262. The molecule has 0 atom stereocenters. The van der Waals surface area contributed by atoms with E-state index in [0.29, 0.717) is 5.69 Å². The number of rotatable bonds is 10. The Morgan fingerprint density at radius 3 is 1.79 bits per heavy atom. The van der Waals surface area contributed by atoms with Crippen molar-refractivity contribution in [3.63, 3.8) is 0 Å². The van der Waals surface area contributed by atoms with Gasteiger partial charge in [0.15, 0.2) is 11.5 Å². The third-order valence-corrected chi connectivity index (χ3v) is 4.98. The second-order valence-electron chi connectivity index (χ2n) is 7.82. The van der Waals surface area contributed by atoms with Crippen molar-refractivity contribution in [3.8, 4) is 11.5 Å². The molecule has 0 heterocycles. The number of carbonyl (C=O) groups excluding carboxylic acids is 3. The van der Waals surface area contributed by atoms with Gasteiger partial charge in [0.05, 0.1) is 19.4 Å². The average Bonchev–Trinajstić information content (AvgIpc) is 2.79. The third-order valence-electron chi connectivity index (χ3n) is 4.98.